The quantitative estimate of drug-likeness (QED) is 0.597. The van der Waals surface area contributed by atoms with Gasteiger partial charge in [0.2, 0.25) is 0 Å². The lowest BCUT2D eigenvalue weighted by atomic mass is 10.8. The summed E-state index contributed by atoms with van der Waals surface area (Å²) in [5.74, 6) is 0. The molecule has 70 valence electrons. The van der Waals surface area contributed by atoms with Crippen molar-refractivity contribution in [2.45, 2.75) is 13.8 Å². The standard InChI is InChI=1S/C4H4N2.2C2H6O/c1-2-6-4-3-5-1;2*1-2-3/h1-4H;2*3H,2H2,1H3. The van der Waals surface area contributed by atoms with Gasteiger partial charge >= 0.3 is 0 Å². The molecule has 1 heterocycles. The Morgan fingerprint density at radius 2 is 1.00 bits per heavy atom. The summed E-state index contributed by atoms with van der Waals surface area (Å²) >= 11 is 0. The molecule has 0 saturated carbocycles. The third kappa shape index (κ3) is 23.0. The van der Waals surface area contributed by atoms with Crippen LogP contribution in [0.5, 0.6) is 0 Å². The van der Waals surface area contributed by atoms with Crippen molar-refractivity contribution in [2.75, 3.05) is 13.2 Å². The second-order valence-corrected chi connectivity index (χ2v) is 1.53. The van der Waals surface area contributed by atoms with E-state index in [1.165, 1.54) is 0 Å². The Hall–Kier alpha value is -1.00. The van der Waals surface area contributed by atoms with Gasteiger partial charge in [-0.15, -0.1) is 0 Å². The first-order chi connectivity index (χ1) is 5.83. The molecule has 0 radical (unpaired) electrons. The summed E-state index contributed by atoms with van der Waals surface area (Å²) in [5, 5.41) is 15.1. The van der Waals surface area contributed by atoms with Crippen molar-refractivity contribution in [3.63, 3.8) is 0 Å². The van der Waals surface area contributed by atoms with E-state index >= 15 is 0 Å². The van der Waals surface area contributed by atoms with Gasteiger partial charge in [-0.2, -0.15) is 0 Å². The number of aliphatic hydroxyl groups excluding tert-OH is 2. The van der Waals surface area contributed by atoms with Gasteiger partial charge in [0.1, 0.15) is 0 Å². The minimum Gasteiger partial charge on any atom is -0.397 e. The molecule has 0 aliphatic rings. The number of aromatic nitrogens is 2. The molecule has 0 aromatic carbocycles. The van der Waals surface area contributed by atoms with E-state index in [1.807, 2.05) is 0 Å². The molecule has 1 aromatic heterocycles. The summed E-state index contributed by atoms with van der Waals surface area (Å²) in [7, 11) is 0. The highest BCUT2D eigenvalue weighted by Gasteiger charge is 1.59. The Kier molecular flexibility index (Phi) is 18.7. The van der Waals surface area contributed by atoms with E-state index in [9.17, 15) is 0 Å². The van der Waals surface area contributed by atoms with Crippen LogP contribution in [0, 0.1) is 0 Å². The highest BCUT2D eigenvalue weighted by Crippen LogP contribution is 1.65. The van der Waals surface area contributed by atoms with Crippen LogP contribution in [0.1, 0.15) is 13.8 Å². The molecule has 1 rings (SSSR count). The molecule has 0 aliphatic heterocycles. The van der Waals surface area contributed by atoms with E-state index in [4.69, 9.17) is 10.2 Å². The van der Waals surface area contributed by atoms with Crippen LogP contribution >= 0.6 is 0 Å². The van der Waals surface area contributed by atoms with Crippen molar-refractivity contribution in [2.24, 2.45) is 0 Å². The van der Waals surface area contributed by atoms with E-state index in [1.54, 1.807) is 38.6 Å². The maximum atomic E-state index is 7.57. The van der Waals surface area contributed by atoms with Crippen LogP contribution in [0.2, 0.25) is 0 Å². The van der Waals surface area contributed by atoms with Gasteiger partial charge in [0.25, 0.3) is 0 Å². The number of aliphatic hydroxyl groups is 2. The first kappa shape index (κ1) is 13.6. The Balaban J connectivity index is 0. The van der Waals surface area contributed by atoms with Crippen LogP contribution in [-0.2, 0) is 0 Å². The third-order valence-electron chi connectivity index (χ3n) is 0.478. The molecular formula is C8H16N2O2. The zero-order valence-corrected chi connectivity index (χ0v) is 7.51. The minimum atomic E-state index is 0.250. The number of rotatable bonds is 0. The van der Waals surface area contributed by atoms with Crippen LogP contribution < -0.4 is 0 Å². The van der Waals surface area contributed by atoms with E-state index in [-0.39, 0.29) is 13.2 Å². The van der Waals surface area contributed by atoms with Gasteiger partial charge in [0, 0.05) is 38.0 Å². The average Bonchev–Trinajstić information content (AvgIpc) is 2.10. The molecule has 0 unspecified atom stereocenters. The highest BCUT2D eigenvalue weighted by molar-refractivity contribution is 4.70. The summed E-state index contributed by atoms with van der Waals surface area (Å²) in [6, 6.07) is 0. The molecule has 0 saturated heterocycles. The zero-order valence-electron chi connectivity index (χ0n) is 7.51. The molecule has 0 spiro atoms. The van der Waals surface area contributed by atoms with Crippen LogP contribution in [0.15, 0.2) is 24.8 Å². The van der Waals surface area contributed by atoms with Crippen molar-refractivity contribution in [1.29, 1.82) is 0 Å². The van der Waals surface area contributed by atoms with Crippen molar-refractivity contribution in [3.05, 3.63) is 24.8 Å². The van der Waals surface area contributed by atoms with Crippen molar-refractivity contribution >= 4 is 0 Å². The molecule has 12 heavy (non-hydrogen) atoms. The molecule has 2 N–H and O–H groups in total. The fourth-order valence-corrected chi connectivity index (χ4v) is 0.253. The van der Waals surface area contributed by atoms with Crippen LogP contribution in [0.4, 0.5) is 0 Å². The molecular weight excluding hydrogens is 156 g/mol. The zero-order chi connectivity index (χ0) is 9.66. The summed E-state index contributed by atoms with van der Waals surface area (Å²) in [6.45, 7) is 3.86. The molecule has 4 nitrogen and oxygen atoms in total. The van der Waals surface area contributed by atoms with Crippen molar-refractivity contribution in [1.82, 2.24) is 9.97 Å². The Morgan fingerprint density at radius 1 is 0.833 bits per heavy atom. The Bertz CT molecular complexity index is 107. The number of nitrogens with zero attached hydrogens (tertiary/aromatic N) is 2. The molecule has 4 heteroatoms. The van der Waals surface area contributed by atoms with Gasteiger partial charge in [-0.3, -0.25) is 9.97 Å². The fraction of sp³-hybridized carbons (Fsp3) is 0.500. The monoisotopic (exact) mass is 172 g/mol. The molecule has 0 amide bonds. The Morgan fingerprint density at radius 3 is 1.08 bits per heavy atom. The Labute approximate surface area is 72.9 Å². The second kappa shape index (κ2) is 16.5. The fourth-order valence-electron chi connectivity index (χ4n) is 0.253. The van der Waals surface area contributed by atoms with Crippen molar-refractivity contribution in [3.8, 4) is 0 Å². The van der Waals surface area contributed by atoms with Gasteiger partial charge in [-0.25, -0.2) is 0 Å². The van der Waals surface area contributed by atoms with Crippen molar-refractivity contribution < 1.29 is 10.2 Å². The highest BCUT2D eigenvalue weighted by atomic mass is 16.3. The SMILES string of the molecule is CCO.CCO.c1cnccn1. The molecule has 0 atom stereocenters. The first-order valence-electron chi connectivity index (χ1n) is 3.75. The van der Waals surface area contributed by atoms with E-state index in [0.717, 1.165) is 0 Å². The lowest BCUT2D eigenvalue weighted by Crippen LogP contribution is -1.66. The first-order valence-corrected chi connectivity index (χ1v) is 3.75. The molecule has 0 fully saturated rings. The second-order valence-electron chi connectivity index (χ2n) is 1.53. The van der Waals surface area contributed by atoms with Gasteiger partial charge in [-0.05, 0) is 13.8 Å². The predicted octanol–water partition coefficient (Wildman–Crippen LogP) is 0.474. The average molecular weight is 172 g/mol. The van der Waals surface area contributed by atoms with Crippen LogP contribution in [-0.4, -0.2) is 33.4 Å². The smallest absolute Gasteiger partial charge is 0.0451 e. The summed E-state index contributed by atoms with van der Waals surface area (Å²) in [4.78, 5) is 7.44. The lowest BCUT2D eigenvalue weighted by molar-refractivity contribution is 0.318. The maximum absolute atomic E-state index is 7.57. The molecule has 0 aliphatic carbocycles. The van der Waals surface area contributed by atoms with E-state index < -0.39 is 0 Å². The molecule has 1 aromatic rings. The minimum absolute atomic E-state index is 0.250. The van der Waals surface area contributed by atoms with Gasteiger partial charge < -0.3 is 10.2 Å². The van der Waals surface area contributed by atoms with Crippen LogP contribution in [0.3, 0.4) is 0 Å². The number of hydrogen-bond acceptors (Lipinski definition) is 4. The summed E-state index contributed by atoms with van der Waals surface area (Å²) in [6.07, 6.45) is 6.56. The number of hydrogen-bond donors (Lipinski definition) is 2. The topological polar surface area (TPSA) is 66.2 Å². The predicted molar refractivity (Wildman–Crippen MR) is 47.6 cm³/mol. The molecule has 0 bridgehead atoms. The van der Waals surface area contributed by atoms with E-state index in [0.29, 0.717) is 0 Å². The lowest BCUT2D eigenvalue weighted by Gasteiger charge is -1.70. The maximum Gasteiger partial charge on any atom is 0.0451 e. The largest absolute Gasteiger partial charge is 0.397 e. The third-order valence-corrected chi connectivity index (χ3v) is 0.478. The van der Waals surface area contributed by atoms with Gasteiger partial charge in [-0.1, -0.05) is 0 Å². The normalized spacial score (nSPS) is 7.00. The van der Waals surface area contributed by atoms with Gasteiger partial charge in [0.15, 0.2) is 0 Å². The van der Waals surface area contributed by atoms with Gasteiger partial charge in [0.05, 0.1) is 0 Å². The summed E-state index contributed by atoms with van der Waals surface area (Å²) in [5.41, 5.74) is 0. The van der Waals surface area contributed by atoms with Crippen LogP contribution in [0.25, 0.3) is 0 Å². The van der Waals surface area contributed by atoms with E-state index in [2.05, 4.69) is 9.97 Å². The summed E-state index contributed by atoms with van der Waals surface area (Å²) < 4.78 is 0.